The quantitative estimate of drug-likeness (QED) is 0.226. The lowest BCUT2D eigenvalue weighted by atomic mass is 9.90. The van der Waals surface area contributed by atoms with Gasteiger partial charge >= 0.3 is 12.1 Å². The lowest BCUT2D eigenvalue weighted by molar-refractivity contribution is -0.136. The maximum atomic E-state index is 12.3. The summed E-state index contributed by atoms with van der Waals surface area (Å²) in [5, 5.41) is 20.8. The van der Waals surface area contributed by atoms with E-state index in [1.165, 1.54) is 28.5 Å². The maximum absolute atomic E-state index is 12.3. The number of halogens is 3. The minimum absolute atomic E-state index is 0.00723. The average molecular weight is 480 g/mol. The van der Waals surface area contributed by atoms with Crippen LogP contribution >= 0.6 is 23.1 Å². The molecule has 5 nitrogen and oxygen atoms in total. The van der Waals surface area contributed by atoms with E-state index < -0.39 is 24.2 Å². The number of carboxylic acids is 1. The van der Waals surface area contributed by atoms with Gasteiger partial charge in [-0.1, -0.05) is 30.3 Å². The minimum Gasteiger partial charge on any atom is -0.476 e. The van der Waals surface area contributed by atoms with Crippen molar-refractivity contribution in [2.45, 2.75) is 74.4 Å². The highest BCUT2D eigenvalue weighted by molar-refractivity contribution is 8.01. The largest absolute Gasteiger partial charge is 0.476 e. The standard InChI is InChI=1S/C21H28F3NO4S2/c1-20(29,9-2-3-11-21(22,23)24)10-4-5-14-6-7-17(26)15(14)8-12-30-19-25-16(13-31-19)18(27)28/h4-5,13-15,29H,2-3,6-12H2,1H3,(H,27,28). The number of thioether (sulfide) groups is 1. The molecule has 0 spiro atoms. The number of unbranched alkanes of at least 4 members (excludes halogenated alkanes) is 1. The number of ketones is 1. The third-order valence-corrected chi connectivity index (χ3v) is 7.43. The lowest BCUT2D eigenvalue weighted by Crippen LogP contribution is -2.23. The molecule has 1 heterocycles. The van der Waals surface area contributed by atoms with Crippen LogP contribution in [0.3, 0.4) is 0 Å². The number of carboxylic acid groups (broad SMARTS) is 1. The average Bonchev–Trinajstić information content (AvgIpc) is 3.26. The zero-order chi connectivity index (χ0) is 23.1. The number of hydrogen-bond acceptors (Lipinski definition) is 6. The monoisotopic (exact) mass is 479 g/mol. The normalized spacial score (nSPS) is 21.6. The van der Waals surface area contributed by atoms with Gasteiger partial charge in [-0.25, -0.2) is 9.78 Å². The molecule has 1 fully saturated rings. The van der Waals surface area contributed by atoms with E-state index >= 15 is 0 Å². The number of aliphatic hydroxyl groups is 1. The molecular formula is C21H28F3NO4S2. The van der Waals surface area contributed by atoms with Gasteiger partial charge in [-0.05, 0) is 44.9 Å². The van der Waals surface area contributed by atoms with Gasteiger partial charge in [0.15, 0.2) is 10.0 Å². The van der Waals surface area contributed by atoms with Crippen LogP contribution in [-0.2, 0) is 4.79 Å². The molecule has 0 radical (unpaired) electrons. The van der Waals surface area contributed by atoms with Crippen molar-refractivity contribution in [3.8, 4) is 0 Å². The number of aromatic carboxylic acids is 1. The van der Waals surface area contributed by atoms with Crippen LogP contribution in [-0.4, -0.2) is 44.5 Å². The van der Waals surface area contributed by atoms with Crippen LogP contribution < -0.4 is 0 Å². The van der Waals surface area contributed by atoms with Gasteiger partial charge in [0.2, 0.25) is 0 Å². The number of carbonyl (C=O) groups is 2. The van der Waals surface area contributed by atoms with Crippen LogP contribution in [0.1, 0.15) is 68.8 Å². The first kappa shape index (κ1) is 25.9. The molecule has 1 aromatic rings. The van der Waals surface area contributed by atoms with E-state index in [0.717, 1.165) is 6.42 Å². The van der Waals surface area contributed by atoms with Crippen molar-refractivity contribution in [2.75, 3.05) is 5.75 Å². The summed E-state index contributed by atoms with van der Waals surface area (Å²) in [6.45, 7) is 1.62. The minimum atomic E-state index is -4.16. The molecule has 174 valence electrons. The summed E-state index contributed by atoms with van der Waals surface area (Å²) in [6, 6.07) is 0. The van der Waals surface area contributed by atoms with Crippen LogP contribution in [0, 0.1) is 11.8 Å². The second-order valence-electron chi connectivity index (χ2n) is 8.17. The van der Waals surface area contributed by atoms with Crippen LogP contribution in [0.2, 0.25) is 0 Å². The Kier molecular flexibility index (Phi) is 9.57. The van der Waals surface area contributed by atoms with Crippen LogP contribution in [0.5, 0.6) is 0 Å². The third kappa shape index (κ3) is 9.33. The Morgan fingerprint density at radius 2 is 2.06 bits per heavy atom. The molecule has 2 rings (SSSR count). The Hall–Kier alpha value is -1.39. The van der Waals surface area contributed by atoms with Crippen molar-refractivity contribution < 1.29 is 33.0 Å². The van der Waals surface area contributed by atoms with Crippen molar-refractivity contribution in [2.24, 2.45) is 11.8 Å². The summed E-state index contributed by atoms with van der Waals surface area (Å²) in [7, 11) is 0. The van der Waals surface area contributed by atoms with Gasteiger partial charge in [0.05, 0.1) is 5.60 Å². The topological polar surface area (TPSA) is 87.5 Å². The Balaban J connectivity index is 1.76. The number of carbonyl (C=O) groups excluding carboxylic acids is 1. The van der Waals surface area contributed by atoms with E-state index in [-0.39, 0.29) is 29.7 Å². The zero-order valence-electron chi connectivity index (χ0n) is 17.4. The number of alkyl halides is 3. The maximum Gasteiger partial charge on any atom is 0.389 e. The molecule has 10 heteroatoms. The number of Topliss-reactive ketones (excluding diaryl/α,β-unsaturated/α-hetero) is 1. The predicted octanol–water partition coefficient (Wildman–Crippen LogP) is 5.74. The summed E-state index contributed by atoms with van der Waals surface area (Å²) in [5.41, 5.74) is -1.04. The second-order valence-corrected chi connectivity index (χ2v) is 10.4. The fourth-order valence-electron chi connectivity index (χ4n) is 3.66. The van der Waals surface area contributed by atoms with E-state index in [4.69, 9.17) is 5.11 Å². The van der Waals surface area contributed by atoms with E-state index in [0.29, 0.717) is 42.2 Å². The van der Waals surface area contributed by atoms with Crippen molar-refractivity contribution in [1.29, 1.82) is 0 Å². The Labute approximate surface area is 188 Å². The summed E-state index contributed by atoms with van der Waals surface area (Å²) in [4.78, 5) is 27.2. The van der Waals surface area contributed by atoms with Crippen LogP contribution in [0.15, 0.2) is 21.9 Å². The van der Waals surface area contributed by atoms with Gasteiger partial charge in [-0.15, -0.1) is 11.3 Å². The summed E-state index contributed by atoms with van der Waals surface area (Å²) >= 11 is 2.71. The van der Waals surface area contributed by atoms with Gasteiger partial charge in [-0.3, -0.25) is 4.79 Å². The second kappa shape index (κ2) is 11.5. The molecular weight excluding hydrogens is 451 g/mol. The Bertz CT molecular complexity index is 777. The summed E-state index contributed by atoms with van der Waals surface area (Å²) in [6.07, 6.45) is 1.67. The molecule has 0 bridgehead atoms. The van der Waals surface area contributed by atoms with Crippen molar-refractivity contribution >= 4 is 34.9 Å². The summed E-state index contributed by atoms with van der Waals surface area (Å²) < 4.78 is 37.3. The molecule has 3 unspecified atom stereocenters. The molecule has 0 saturated heterocycles. The highest BCUT2D eigenvalue weighted by Crippen LogP contribution is 2.35. The number of thiazole rings is 1. The number of nitrogens with zero attached hydrogens (tertiary/aromatic N) is 1. The van der Waals surface area contributed by atoms with Crippen molar-refractivity contribution in [3.05, 3.63) is 23.2 Å². The highest BCUT2D eigenvalue weighted by atomic mass is 32.2. The van der Waals surface area contributed by atoms with Gasteiger partial charge < -0.3 is 10.2 Å². The van der Waals surface area contributed by atoms with Gasteiger partial charge in [-0.2, -0.15) is 13.2 Å². The molecule has 1 saturated carbocycles. The molecule has 0 aliphatic heterocycles. The van der Waals surface area contributed by atoms with E-state index in [1.807, 2.05) is 12.2 Å². The summed E-state index contributed by atoms with van der Waals surface area (Å²) in [5.74, 6) is -0.223. The number of rotatable bonds is 12. The molecule has 1 aliphatic carbocycles. The van der Waals surface area contributed by atoms with Crippen LogP contribution in [0.4, 0.5) is 13.2 Å². The number of hydrogen-bond donors (Lipinski definition) is 2. The fraction of sp³-hybridized carbons (Fsp3) is 0.667. The first-order valence-corrected chi connectivity index (χ1v) is 12.1. The predicted molar refractivity (Wildman–Crippen MR) is 115 cm³/mol. The number of aromatic nitrogens is 1. The van der Waals surface area contributed by atoms with Gasteiger partial charge in [0, 0.05) is 29.9 Å². The van der Waals surface area contributed by atoms with Crippen molar-refractivity contribution in [3.63, 3.8) is 0 Å². The van der Waals surface area contributed by atoms with E-state index in [2.05, 4.69) is 4.98 Å². The van der Waals surface area contributed by atoms with E-state index in [9.17, 15) is 27.9 Å². The third-order valence-electron chi connectivity index (χ3n) is 5.38. The first-order chi connectivity index (χ1) is 14.5. The van der Waals surface area contributed by atoms with Gasteiger partial charge in [0.1, 0.15) is 5.78 Å². The zero-order valence-corrected chi connectivity index (χ0v) is 19.0. The molecule has 3 atom stereocenters. The first-order valence-electron chi connectivity index (χ1n) is 10.3. The SMILES string of the molecule is CC(O)(CC=CC1CCC(=O)C1CCSc1nc(C(=O)O)cs1)CCCCC(F)(F)F. The molecule has 0 aromatic carbocycles. The van der Waals surface area contributed by atoms with Crippen LogP contribution in [0.25, 0.3) is 0 Å². The highest BCUT2D eigenvalue weighted by Gasteiger charge is 2.33. The lowest BCUT2D eigenvalue weighted by Gasteiger charge is -2.22. The van der Waals surface area contributed by atoms with Crippen molar-refractivity contribution in [1.82, 2.24) is 4.98 Å². The number of allylic oxidation sites excluding steroid dienone is 1. The van der Waals surface area contributed by atoms with E-state index in [1.54, 1.807) is 6.92 Å². The Morgan fingerprint density at radius 3 is 2.71 bits per heavy atom. The fourth-order valence-corrected chi connectivity index (χ4v) is 5.56. The molecule has 1 aromatic heterocycles. The molecule has 2 N–H and O–H groups in total. The Morgan fingerprint density at radius 1 is 1.35 bits per heavy atom. The molecule has 1 aliphatic rings. The van der Waals surface area contributed by atoms with Gasteiger partial charge in [0.25, 0.3) is 0 Å². The smallest absolute Gasteiger partial charge is 0.389 e. The molecule has 31 heavy (non-hydrogen) atoms. The molecule has 0 amide bonds.